The van der Waals surface area contributed by atoms with Crippen LogP contribution in [-0.4, -0.2) is 37.1 Å². The van der Waals surface area contributed by atoms with E-state index in [2.05, 4.69) is 19.7 Å². The highest BCUT2D eigenvalue weighted by Crippen LogP contribution is 2.34. The standard InChI is InChI=1S/C18H23N5O/c24-17(10-15-4-3-8-19-11-15)23-9-2-1-5-16(23)18-21-20-13-22(18)12-14-6-7-14/h3-4,8,11,13-14,16H,1-2,5-7,9-10,12H2/t16-/m1/s1. The summed E-state index contributed by atoms with van der Waals surface area (Å²) in [5.41, 5.74) is 0.964. The third-order valence-electron chi connectivity index (χ3n) is 5.00. The summed E-state index contributed by atoms with van der Waals surface area (Å²) in [6.45, 7) is 1.80. The van der Waals surface area contributed by atoms with E-state index in [-0.39, 0.29) is 11.9 Å². The molecular formula is C18H23N5O. The molecule has 1 aliphatic carbocycles. The van der Waals surface area contributed by atoms with Gasteiger partial charge in [-0.05, 0) is 49.7 Å². The molecule has 0 N–H and O–H groups in total. The minimum absolute atomic E-state index is 0.0594. The summed E-state index contributed by atoms with van der Waals surface area (Å²) in [7, 11) is 0. The topological polar surface area (TPSA) is 63.9 Å². The van der Waals surface area contributed by atoms with Crippen LogP contribution in [0.1, 0.15) is 49.5 Å². The van der Waals surface area contributed by atoms with Crippen molar-refractivity contribution < 1.29 is 4.79 Å². The van der Waals surface area contributed by atoms with Crippen molar-refractivity contribution in [3.05, 3.63) is 42.2 Å². The summed E-state index contributed by atoms with van der Waals surface area (Å²) in [5.74, 6) is 1.89. The van der Waals surface area contributed by atoms with Gasteiger partial charge in [-0.15, -0.1) is 10.2 Å². The highest BCUT2D eigenvalue weighted by molar-refractivity contribution is 5.79. The zero-order valence-electron chi connectivity index (χ0n) is 13.8. The zero-order chi connectivity index (χ0) is 16.4. The zero-order valence-corrected chi connectivity index (χ0v) is 13.8. The van der Waals surface area contributed by atoms with E-state index in [9.17, 15) is 4.79 Å². The van der Waals surface area contributed by atoms with E-state index in [4.69, 9.17) is 0 Å². The van der Waals surface area contributed by atoms with E-state index in [0.29, 0.717) is 6.42 Å². The fraction of sp³-hybridized carbons (Fsp3) is 0.556. The molecule has 1 aliphatic heterocycles. The van der Waals surface area contributed by atoms with Gasteiger partial charge >= 0.3 is 0 Å². The van der Waals surface area contributed by atoms with E-state index < -0.39 is 0 Å². The third kappa shape index (κ3) is 3.32. The lowest BCUT2D eigenvalue weighted by atomic mass is 10.00. The van der Waals surface area contributed by atoms with Crippen LogP contribution in [0.4, 0.5) is 0 Å². The SMILES string of the molecule is O=C(Cc1cccnc1)N1CCCC[C@@H]1c1nncn1CC1CC1. The van der Waals surface area contributed by atoms with Crippen LogP contribution < -0.4 is 0 Å². The van der Waals surface area contributed by atoms with Gasteiger partial charge in [0.05, 0.1) is 12.5 Å². The number of rotatable bonds is 5. The number of hydrogen-bond acceptors (Lipinski definition) is 4. The lowest BCUT2D eigenvalue weighted by Crippen LogP contribution is -2.40. The second-order valence-corrected chi connectivity index (χ2v) is 6.92. The number of hydrogen-bond donors (Lipinski definition) is 0. The van der Waals surface area contributed by atoms with Crippen LogP contribution in [0.25, 0.3) is 0 Å². The average molecular weight is 325 g/mol. The molecule has 0 radical (unpaired) electrons. The first kappa shape index (κ1) is 15.3. The normalized spacial score (nSPS) is 21.0. The van der Waals surface area contributed by atoms with Crippen LogP contribution in [0.2, 0.25) is 0 Å². The molecule has 0 spiro atoms. The Labute approximate surface area is 141 Å². The first-order valence-electron chi connectivity index (χ1n) is 8.87. The summed E-state index contributed by atoms with van der Waals surface area (Å²) in [6, 6.07) is 3.89. The van der Waals surface area contributed by atoms with Crippen LogP contribution in [0.15, 0.2) is 30.9 Å². The number of nitrogens with zero attached hydrogens (tertiary/aromatic N) is 5. The van der Waals surface area contributed by atoms with E-state index in [1.165, 1.54) is 12.8 Å². The lowest BCUT2D eigenvalue weighted by molar-refractivity contribution is -0.134. The maximum Gasteiger partial charge on any atom is 0.227 e. The largest absolute Gasteiger partial charge is 0.332 e. The third-order valence-corrected chi connectivity index (χ3v) is 5.00. The van der Waals surface area contributed by atoms with E-state index in [1.54, 1.807) is 12.4 Å². The van der Waals surface area contributed by atoms with Crippen molar-refractivity contribution in [3.8, 4) is 0 Å². The Morgan fingerprint density at radius 1 is 1.25 bits per heavy atom. The van der Waals surface area contributed by atoms with Gasteiger partial charge in [-0.1, -0.05) is 6.07 Å². The molecule has 4 rings (SSSR count). The van der Waals surface area contributed by atoms with Gasteiger partial charge in [-0.3, -0.25) is 9.78 Å². The van der Waals surface area contributed by atoms with Crippen molar-refractivity contribution in [1.29, 1.82) is 0 Å². The molecule has 1 atom stereocenters. The predicted molar refractivity (Wildman–Crippen MR) is 89.0 cm³/mol. The van der Waals surface area contributed by atoms with Gasteiger partial charge in [0, 0.05) is 25.5 Å². The average Bonchev–Trinajstić information content (AvgIpc) is 3.31. The molecule has 6 heteroatoms. The summed E-state index contributed by atoms with van der Waals surface area (Å²) in [5, 5.41) is 8.49. The molecule has 1 saturated carbocycles. The molecule has 0 unspecified atom stereocenters. The Kier molecular flexibility index (Phi) is 4.28. The number of pyridine rings is 1. The number of carbonyl (C=O) groups excluding carboxylic acids is 1. The van der Waals surface area contributed by atoms with Crippen molar-refractivity contribution in [3.63, 3.8) is 0 Å². The number of amides is 1. The summed E-state index contributed by atoms with van der Waals surface area (Å²) in [4.78, 5) is 19.0. The molecule has 2 fully saturated rings. The fourth-order valence-electron chi connectivity index (χ4n) is 3.52. The minimum atomic E-state index is 0.0594. The second kappa shape index (κ2) is 6.71. The minimum Gasteiger partial charge on any atom is -0.332 e. The van der Waals surface area contributed by atoms with Gasteiger partial charge in [0.25, 0.3) is 0 Å². The molecule has 0 aromatic carbocycles. The number of likely N-dealkylation sites (tertiary alicyclic amines) is 1. The highest BCUT2D eigenvalue weighted by Gasteiger charge is 2.32. The van der Waals surface area contributed by atoms with Crippen LogP contribution >= 0.6 is 0 Å². The van der Waals surface area contributed by atoms with Gasteiger partial charge in [0.2, 0.25) is 5.91 Å². The number of aromatic nitrogens is 4. The summed E-state index contributed by atoms with van der Waals surface area (Å²) >= 11 is 0. The molecule has 2 aromatic rings. The predicted octanol–water partition coefficient (Wildman–Crippen LogP) is 2.38. The molecule has 1 saturated heterocycles. The van der Waals surface area contributed by atoms with Crippen molar-refractivity contribution in [1.82, 2.24) is 24.6 Å². The van der Waals surface area contributed by atoms with Crippen LogP contribution in [-0.2, 0) is 17.8 Å². The first-order valence-corrected chi connectivity index (χ1v) is 8.87. The van der Waals surface area contributed by atoms with Crippen molar-refractivity contribution in [2.75, 3.05) is 6.54 Å². The van der Waals surface area contributed by atoms with Crippen LogP contribution in [0, 0.1) is 5.92 Å². The van der Waals surface area contributed by atoms with E-state index in [0.717, 1.165) is 49.7 Å². The van der Waals surface area contributed by atoms with Gasteiger partial charge < -0.3 is 9.47 Å². The second-order valence-electron chi connectivity index (χ2n) is 6.92. The summed E-state index contributed by atoms with van der Waals surface area (Å²) in [6.07, 6.45) is 11.5. The number of carbonyl (C=O) groups is 1. The van der Waals surface area contributed by atoms with Crippen molar-refractivity contribution in [2.24, 2.45) is 5.92 Å². The molecule has 2 aliphatic rings. The molecular weight excluding hydrogens is 302 g/mol. The Morgan fingerprint density at radius 3 is 2.96 bits per heavy atom. The van der Waals surface area contributed by atoms with Gasteiger partial charge in [-0.25, -0.2) is 0 Å². The Bertz CT molecular complexity index is 694. The van der Waals surface area contributed by atoms with Gasteiger partial charge in [0.1, 0.15) is 6.33 Å². The van der Waals surface area contributed by atoms with E-state index >= 15 is 0 Å². The van der Waals surface area contributed by atoms with Gasteiger partial charge in [-0.2, -0.15) is 0 Å². The van der Waals surface area contributed by atoms with Crippen LogP contribution in [0.3, 0.4) is 0 Å². The molecule has 1 amide bonds. The van der Waals surface area contributed by atoms with Gasteiger partial charge in [0.15, 0.2) is 5.82 Å². The molecule has 2 aromatic heterocycles. The monoisotopic (exact) mass is 325 g/mol. The molecule has 3 heterocycles. The Hall–Kier alpha value is -2.24. The molecule has 126 valence electrons. The fourth-order valence-corrected chi connectivity index (χ4v) is 3.52. The Morgan fingerprint density at radius 2 is 2.17 bits per heavy atom. The van der Waals surface area contributed by atoms with E-state index in [1.807, 2.05) is 23.4 Å². The quantitative estimate of drug-likeness (QED) is 0.846. The molecule has 6 nitrogen and oxygen atoms in total. The smallest absolute Gasteiger partial charge is 0.227 e. The summed E-state index contributed by atoms with van der Waals surface area (Å²) < 4.78 is 2.16. The molecule has 24 heavy (non-hydrogen) atoms. The first-order chi connectivity index (χ1) is 11.8. The maximum atomic E-state index is 12.9. The highest BCUT2D eigenvalue weighted by atomic mass is 16.2. The van der Waals surface area contributed by atoms with Crippen LogP contribution in [0.5, 0.6) is 0 Å². The lowest BCUT2D eigenvalue weighted by Gasteiger charge is -2.35. The maximum absolute atomic E-state index is 12.9. The Balaban J connectivity index is 1.52. The van der Waals surface area contributed by atoms with Crippen molar-refractivity contribution in [2.45, 2.75) is 51.1 Å². The molecule has 0 bridgehead atoms. The van der Waals surface area contributed by atoms with Crippen molar-refractivity contribution >= 4 is 5.91 Å². The number of piperidine rings is 1.